The molecule has 1 aliphatic rings. The number of carbonyl (C=O) groups is 1. The molecule has 1 saturated carbocycles. The summed E-state index contributed by atoms with van der Waals surface area (Å²) in [4.78, 5) is 15.1. The van der Waals surface area contributed by atoms with E-state index >= 15 is 0 Å². The Balaban J connectivity index is 1.61. The zero-order chi connectivity index (χ0) is 18.4. The molecule has 134 valence electrons. The van der Waals surface area contributed by atoms with Crippen LogP contribution in [0.1, 0.15) is 29.3 Å². The fourth-order valence-corrected chi connectivity index (χ4v) is 2.42. The molecule has 0 saturated heterocycles. The Hall–Kier alpha value is -2.59. The number of nitrogens with one attached hydrogen (secondary N) is 2. The van der Waals surface area contributed by atoms with Gasteiger partial charge in [-0.05, 0) is 30.0 Å². The molecule has 2 unspecified atom stereocenters. The highest BCUT2D eigenvalue weighted by Crippen LogP contribution is 2.48. The van der Waals surface area contributed by atoms with Crippen LogP contribution in [0.4, 0.5) is 32.3 Å². The van der Waals surface area contributed by atoms with Gasteiger partial charge in [0.2, 0.25) is 17.7 Å². The van der Waals surface area contributed by atoms with Gasteiger partial charge in [-0.3, -0.25) is 15.2 Å². The minimum atomic E-state index is -4.71. The van der Waals surface area contributed by atoms with Gasteiger partial charge in [-0.15, -0.1) is 5.10 Å². The van der Waals surface area contributed by atoms with Crippen LogP contribution in [-0.2, 0) is 17.1 Å². The monoisotopic (exact) mass is 364 g/mol. The molecule has 1 aliphatic carbocycles. The van der Waals surface area contributed by atoms with E-state index in [0.29, 0.717) is 12.0 Å². The minimum Gasteiger partial charge on any atom is -0.293 e. The molecule has 5 nitrogen and oxygen atoms in total. The number of aromatic nitrogens is 3. The molecule has 2 atom stereocenters. The van der Waals surface area contributed by atoms with Crippen LogP contribution in [0.15, 0.2) is 24.3 Å². The number of amides is 1. The van der Waals surface area contributed by atoms with Gasteiger partial charge < -0.3 is 0 Å². The Morgan fingerprint density at radius 2 is 1.72 bits per heavy atom. The first-order valence-corrected chi connectivity index (χ1v) is 7.03. The van der Waals surface area contributed by atoms with Crippen LogP contribution in [-0.4, -0.2) is 21.1 Å². The number of aromatic amines is 1. The predicted octanol–water partition coefficient (Wildman–Crippen LogP) is 3.58. The molecule has 1 amide bonds. The number of H-pyrrole nitrogens is 1. The number of hydrogen-bond acceptors (Lipinski definition) is 3. The molecule has 0 radical (unpaired) electrons. The van der Waals surface area contributed by atoms with Gasteiger partial charge in [0.05, 0.1) is 5.56 Å². The van der Waals surface area contributed by atoms with E-state index in [0.717, 1.165) is 12.1 Å². The SMILES string of the molecule is O=C(Nc1n[nH]c(C(F)(F)F)n1)C1CC1c1ccc(C(F)(F)F)cc1. The molecule has 25 heavy (non-hydrogen) atoms. The molecule has 0 aliphatic heterocycles. The summed E-state index contributed by atoms with van der Waals surface area (Å²) in [6.45, 7) is 0. The molecule has 2 N–H and O–H groups in total. The summed E-state index contributed by atoms with van der Waals surface area (Å²) >= 11 is 0. The van der Waals surface area contributed by atoms with Crippen LogP contribution >= 0.6 is 0 Å². The van der Waals surface area contributed by atoms with Crippen molar-refractivity contribution in [3.8, 4) is 0 Å². The molecular weight excluding hydrogens is 354 g/mol. The third kappa shape index (κ3) is 3.74. The summed E-state index contributed by atoms with van der Waals surface area (Å²) in [5.74, 6) is -3.27. The van der Waals surface area contributed by atoms with Crippen molar-refractivity contribution in [1.29, 1.82) is 0 Å². The average molecular weight is 364 g/mol. The van der Waals surface area contributed by atoms with Crippen molar-refractivity contribution < 1.29 is 31.1 Å². The number of nitrogens with zero attached hydrogens (tertiary/aromatic N) is 2. The largest absolute Gasteiger partial charge is 0.451 e. The number of rotatable bonds is 3. The van der Waals surface area contributed by atoms with Crippen molar-refractivity contribution in [2.75, 3.05) is 5.32 Å². The Morgan fingerprint density at radius 1 is 1.08 bits per heavy atom. The van der Waals surface area contributed by atoms with Crippen LogP contribution in [0, 0.1) is 5.92 Å². The maximum absolute atomic E-state index is 12.5. The van der Waals surface area contributed by atoms with Gasteiger partial charge in [0, 0.05) is 5.92 Å². The molecule has 1 heterocycles. The van der Waals surface area contributed by atoms with E-state index in [4.69, 9.17) is 0 Å². The third-order valence-electron chi connectivity index (χ3n) is 3.78. The fourth-order valence-electron chi connectivity index (χ4n) is 2.42. The average Bonchev–Trinajstić information content (AvgIpc) is 3.17. The maximum atomic E-state index is 12.5. The Bertz CT molecular complexity index is 780. The summed E-state index contributed by atoms with van der Waals surface area (Å²) in [6, 6.07) is 4.42. The van der Waals surface area contributed by atoms with E-state index in [2.05, 4.69) is 15.4 Å². The number of benzene rings is 1. The van der Waals surface area contributed by atoms with E-state index in [1.807, 2.05) is 0 Å². The van der Waals surface area contributed by atoms with Crippen molar-refractivity contribution in [3.63, 3.8) is 0 Å². The topological polar surface area (TPSA) is 70.7 Å². The second-order valence-electron chi connectivity index (χ2n) is 5.56. The van der Waals surface area contributed by atoms with E-state index < -0.39 is 41.5 Å². The third-order valence-corrected chi connectivity index (χ3v) is 3.78. The molecule has 0 bridgehead atoms. The Labute approximate surface area is 136 Å². The van der Waals surface area contributed by atoms with Crippen LogP contribution in [0.25, 0.3) is 0 Å². The molecule has 2 aromatic rings. The van der Waals surface area contributed by atoms with Gasteiger partial charge in [0.15, 0.2) is 0 Å². The van der Waals surface area contributed by atoms with Gasteiger partial charge in [-0.25, -0.2) is 0 Å². The first-order valence-electron chi connectivity index (χ1n) is 7.03. The molecule has 0 spiro atoms. The lowest BCUT2D eigenvalue weighted by atomic mass is 10.1. The quantitative estimate of drug-likeness (QED) is 0.818. The number of alkyl halides is 6. The first-order chi connectivity index (χ1) is 11.6. The summed E-state index contributed by atoms with van der Waals surface area (Å²) in [7, 11) is 0. The number of hydrogen-bond donors (Lipinski definition) is 2. The highest BCUT2D eigenvalue weighted by Gasteiger charge is 2.45. The maximum Gasteiger partial charge on any atom is 0.451 e. The zero-order valence-corrected chi connectivity index (χ0v) is 12.2. The van der Waals surface area contributed by atoms with E-state index in [1.54, 1.807) is 5.10 Å². The second-order valence-corrected chi connectivity index (χ2v) is 5.56. The fraction of sp³-hybridized carbons (Fsp3) is 0.357. The smallest absolute Gasteiger partial charge is 0.293 e. The van der Waals surface area contributed by atoms with Crippen LogP contribution in [0.3, 0.4) is 0 Å². The second kappa shape index (κ2) is 5.74. The highest BCUT2D eigenvalue weighted by molar-refractivity contribution is 5.93. The van der Waals surface area contributed by atoms with Crippen molar-refractivity contribution in [2.24, 2.45) is 5.92 Å². The molecule has 11 heteroatoms. The molecular formula is C14H10F6N4O. The van der Waals surface area contributed by atoms with Crippen LogP contribution in [0.5, 0.6) is 0 Å². The van der Waals surface area contributed by atoms with E-state index in [1.165, 1.54) is 12.1 Å². The van der Waals surface area contributed by atoms with Gasteiger partial charge >= 0.3 is 12.4 Å². The Kier molecular flexibility index (Phi) is 3.96. The molecule has 1 aromatic carbocycles. The van der Waals surface area contributed by atoms with Crippen molar-refractivity contribution in [3.05, 3.63) is 41.2 Å². The van der Waals surface area contributed by atoms with Crippen molar-refractivity contribution >= 4 is 11.9 Å². The molecule has 1 aromatic heterocycles. The first kappa shape index (κ1) is 17.2. The lowest BCUT2D eigenvalue weighted by Crippen LogP contribution is -2.16. The van der Waals surface area contributed by atoms with Crippen LogP contribution in [0.2, 0.25) is 0 Å². The summed E-state index contributed by atoms with van der Waals surface area (Å²) in [5, 5.41) is 7.08. The van der Waals surface area contributed by atoms with Crippen molar-refractivity contribution in [1.82, 2.24) is 15.2 Å². The lowest BCUT2D eigenvalue weighted by molar-refractivity contribution is -0.144. The number of carbonyl (C=O) groups excluding carboxylic acids is 1. The summed E-state index contributed by atoms with van der Waals surface area (Å²) < 4.78 is 74.7. The number of halogens is 6. The Morgan fingerprint density at radius 3 is 2.24 bits per heavy atom. The van der Waals surface area contributed by atoms with Gasteiger partial charge in [0.1, 0.15) is 0 Å². The van der Waals surface area contributed by atoms with Crippen molar-refractivity contribution in [2.45, 2.75) is 24.7 Å². The molecule has 3 rings (SSSR count). The summed E-state index contributed by atoms with van der Waals surface area (Å²) in [6.07, 6.45) is -8.77. The van der Waals surface area contributed by atoms with E-state index in [-0.39, 0.29) is 5.92 Å². The normalized spacial score (nSPS) is 20.4. The van der Waals surface area contributed by atoms with Gasteiger partial charge in [-0.1, -0.05) is 12.1 Å². The lowest BCUT2D eigenvalue weighted by Gasteiger charge is -2.07. The standard InChI is InChI=1S/C14H10F6N4O/c15-13(16,17)7-3-1-6(2-4-7)8-5-9(8)10(25)21-12-22-11(23-24-12)14(18,19)20/h1-4,8-9H,5H2,(H2,21,22,23,24,25). The number of anilines is 1. The summed E-state index contributed by atoms with van der Waals surface area (Å²) in [5.41, 5.74) is -0.238. The van der Waals surface area contributed by atoms with Crippen LogP contribution < -0.4 is 5.32 Å². The minimum absolute atomic E-state index is 0.289. The molecule has 1 fully saturated rings. The van der Waals surface area contributed by atoms with Gasteiger partial charge in [-0.2, -0.15) is 31.3 Å². The highest BCUT2D eigenvalue weighted by atomic mass is 19.4. The van der Waals surface area contributed by atoms with E-state index in [9.17, 15) is 31.1 Å². The zero-order valence-electron chi connectivity index (χ0n) is 12.2. The predicted molar refractivity (Wildman–Crippen MR) is 72.3 cm³/mol. The van der Waals surface area contributed by atoms with Gasteiger partial charge in [0.25, 0.3) is 0 Å².